The van der Waals surface area contributed by atoms with Crippen molar-refractivity contribution in [2.24, 2.45) is 0 Å². The lowest BCUT2D eigenvalue weighted by Crippen LogP contribution is -2.12. The van der Waals surface area contributed by atoms with Gasteiger partial charge in [0.2, 0.25) is 0 Å². The summed E-state index contributed by atoms with van der Waals surface area (Å²) in [5.74, 6) is -1.51. The number of anilines is 1. The molecule has 0 aliphatic rings. The molecule has 0 aliphatic carbocycles. The van der Waals surface area contributed by atoms with E-state index in [1.165, 1.54) is 6.07 Å². The van der Waals surface area contributed by atoms with E-state index in [2.05, 4.69) is 5.32 Å². The van der Waals surface area contributed by atoms with Crippen LogP contribution in [0.4, 0.5) is 14.5 Å². The molecule has 19 heavy (non-hydrogen) atoms. The zero-order valence-corrected chi connectivity index (χ0v) is 10.5. The summed E-state index contributed by atoms with van der Waals surface area (Å²) in [6, 6.07) is 10.7. The fraction of sp³-hybridized carbons (Fsp3) is 0.0714. The van der Waals surface area contributed by atoms with Crippen molar-refractivity contribution >= 4 is 17.3 Å². The van der Waals surface area contributed by atoms with Crippen LogP contribution in [0.3, 0.4) is 0 Å². The molecular weight excluding hydrogens is 270 g/mol. The number of nitrogens with one attached hydrogen (secondary N) is 1. The first kappa shape index (κ1) is 13.3. The normalized spacial score (nSPS) is 11.7. The minimum Gasteiger partial charge on any atom is -0.366 e. The van der Waals surface area contributed by atoms with Crippen LogP contribution in [0.1, 0.15) is 11.6 Å². The van der Waals surface area contributed by atoms with Crippen molar-refractivity contribution in [1.29, 1.82) is 5.26 Å². The van der Waals surface area contributed by atoms with E-state index in [9.17, 15) is 8.78 Å². The van der Waals surface area contributed by atoms with E-state index >= 15 is 0 Å². The highest BCUT2D eigenvalue weighted by atomic mass is 35.5. The first-order chi connectivity index (χ1) is 9.11. The van der Waals surface area contributed by atoms with Gasteiger partial charge in [-0.3, -0.25) is 0 Å². The Hall–Kier alpha value is -2.12. The molecule has 2 aromatic carbocycles. The van der Waals surface area contributed by atoms with Gasteiger partial charge in [-0.15, -0.1) is 0 Å². The summed E-state index contributed by atoms with van der Waals surface area (Å²) >= 11 is 5.74. The maximum Gasteiger partial charge on any atom is 0.145 e. The Morgan fingerprint density at radius 3 is 2.16 bits per heavy atom. The van der Waals surface area contributed by atoms with Crippen LogP contribution >= 0.6 is 11.6 Å². The smallest absolute Gasteiger partial charge is 0.145 e. The summed E-state index contributed by atoms with van der Waals surface area (Å²) in [5, 5.41) is 12.4. The molecule has 2 rings (SSSR count). The van der Waals surface area contributed by atoms with Gasteiger partial charge in [-0.1, -0.05) is 17.7 Å². The second-order valence-corrected chi connectivity index (χ2v) is 4.29. The SMILES string of the molecule is N#CC(Nc1ccc(Cl)cc1)c1c(F)cccc1F. The van der Waals surface area contributed by atoms with Gasteiger partial charge in [0.15, 0.2) is 0 Å². The molecule has 1 atom stereocenters. The second-order valence-electron chi connectivity index (χ2n) is 3.85. The summed E-state index contributed by atoms with van der Waals surface area (Å²) in [7, 11) is 0. The van der Waals surface area contributed by atoms with E-state index in [4.69, 9.17) is 16.9 Å². The molecule has 0 saturated heterocycles. The van der Waals surface area contributed by atoms with Gasteiger partial charge in [0.25, 0.3) is 0 Å². The van der Waals surface area contributed by atoms with Gasteiger partial charge in [-0.25, -0.2) is 8.78 Å². The summed E-state index contributed by atoms with van der Waals surface area (Å²) in [5.41, 5.74) is 0.263. The molecule has 0 heterocycles. The third-order valence-electron chi connectivity index (χ3n) is 2.57. The van der Waals surface area contributed by atoms with Gasteiger partial charge in [0.1, 0.15) is 17.7 Å². The zero-order valence-electron chi connectivity index (χ0n) is 9.70. The second kappa shape index (κ2) is 5.68. The van der Waals surface area contributed by atoms with Crippen LogP contribution in [0.5, 0.6) is 0 Å². The first-order valence-corrected chi connectivity index (χ1v) is 5.85. The number of rotatable bonds is 3. The molecule has 2 aromatic rings. The molecule has 0 aromatic heterocycles. The third kappa shape index (κ3) is 3.01. The Bertz CT molecular complexity index is 600. The van der Waals surface area contributed by atoms with Gasteiger partial charge in [-0.2, -0.15) is 5.26 Å². The minimum absolute atomic E-state index is 0.292. The molecule has 0 bridgehead atoms. The molecule has 0 fully saturated rings. The standard InChI is InChI=1S/C14H9ClF2N2/c15-9-4-6-10(7-5-9)19-13(8-18)14-11(16)2-1-3-12(14)17/h1-7,13,19H. The van der Waals surface area contributed by atoms with E-state index in [1.807, 2.05) is 6.07 Å². The Morgan fingerprint density at radius 1 is 1.05 bits per heavy atom. The predicted octanol–water partition coefficient (Wildman–Crippen LogP) is 4.29. The predicted molar refractivity (Wildman–Crippen MR) is 69.8 cm³/mol. The van der Waals surface area contributed by atoms with Crippen LogP contribution in [-0.4, -0.2) is 0 Å². The van der Waals surface area contributed by atoms with Crippen molar-refractivity contribution in [3.8, 4) is 6.07 Å². The molecule has 0 radical (unpaired) electrons. The minimum atomic E-state index is -1.11. The Morgan fingerprint density at radius 2 is 1.63 bits per heavy atom. The van der Waals surface area contributed by atoms with Gasteiger partial charge < -0.3 is 5.32 Å². The largest absolute Gasteiger partial charge is 0.366 e. The summed E-state index contributed by atoms with van der Waals surface area (Å²) in [4.78, 5) is 0. The average molecular weight is 279 g/mol. The number of hydrogen-bond acceptors (Lipinski definition) is 2. The van der Waals surface area contributed by atoms with Gasteiger partial charge in [0, 0.05) is 10.7 Å². The number of benzene rings is 2. The Balaban J connectivity index is 2.31. The number of hydrogen-bond donors (Lipinski definition) is 1. The van der Waals surface area contributed by atoms with E-state index in [1.54, 1.807) is 24.3 Å². The molecule has 0 aliphatic heterocycles. The van der Waals surface area contributed by atoms with Crippen LogP contribution in [0, 0.1) is 23.0 Å². The molecule has 0 amide bonds. The van der Waals surface area contributed by atoms with Gasteiger partial charge in [0.05, 0.1) is 11.6 Å². The van der Waals surface area contributed by atoms with Crippen LogP contribution in [0.25, 0.3) is 0 Å². The molecule has 1 N–H and O–H groups in total. The highest BCUT2D eigenvalue weighted by molar-refractivity contribution is 6.30. The fourth-order valence-electron chi connectivity index (χ4n) is 1.67. The fourth-order valence-corrected chi connectivity index (χ4v) is 1.79. The van der Waals surface area contributed by atoms with Crippen molar-refractivity contribution in [1.82, 2.24) is 0 Å². The van der Waals surface area contributed by atoms with Crippen LogP contribution in [0.2, 0.25) is 5.02 Å². The van der Waals surface area contributed by atoms with Crippen LogP contribution in [-0.2, 0) is 0 Å². The number of nitrogens with zero attached hydrogens (tertiary/aromatic N) is 1. The van der Waals surface area contributed by atoms with E-state index < -0.39 is 17.7 Å². The van der Waals surface area contributed by atoms with Crippen molar-refractivity contribution in [3.63, 3.8) is 0 Å². The van der Waals surface area contributed by atoms with Gasteiger partial charge in [-0.05, 0) is 36.4 Å². The molecule has 5 heteroatoms. The molecule has 96 valence electrons. The monoisotopic (exact) mass is 278 g/mol. The summed E-state index contributed by atoms with van der Waals surface area (Å²) < 4.78 is 27.2. The van der Waals surface area contributed by atoms with E-state index in [0.29, 0.717) is 10.7 Å². The molecule has 0 saturated carbocycles. The number of nitriles is 1. The zero-order chi connectivity index (χ0) is 13.8. The molecule has 2 nitrogen and oxygen atoms in total. The number of halogens is 3. The summed E-state index contributed by atoms with van der Waals surface area (Å²) in [6.45, 7) is 0. The Kier molecular flexibility index (Phi) is 3.98. The molecular formula is C14H9ClF2N2. The van der Waals surface area contributed by atoms with Gasteiger partial charge >= 0.3 is 0 Å². The van der Waals surface area contributed by atoms with Crippen molar-refractivity contribution < 1.29 is 8.78 Å². The van der Waals surface area contributed by atoms with E-state index in [-0.39, 0.29) is 5.56 Å². The molecule has 0 spiro atoms. The lowest BCUT2D eigenvalue weighted by Gasteiger charge is -2.14. The maximum absolute atomic E-state index is 13.6. The first-order valence-electron chi connectivity index (χ1n) is 5.47. The lowest BCUT2D eigenvalue weighted by atomic mass is 10.1. The highest BCUT2D eigenvalue weighted by Gasteiger charge is 2.19. The van der Waals surface area contributed by atoms with Crippen LogP contribution in [0.15, 0.2) is 42.5 Å². The van der Waals surface area contributed by atoms with Crippen LogP contribution < -0.4 is 5.32 Å². The maximum atomic E-state index is 13.6. The highest BCUT2D eigenvalue weighted by Crippen LogP contribution is 2.24. The van der Waals surface area contributed by atoms with Crippen molar-refractivity contribution in [3.05, 3.63) is 64.7 Å². The van der Waals surface area contributed by atoms with E-state index in [0.717, 1.165) is 12.1 Å². The lowest BCUT2D eigenvalue weighted by molar-refractivity contribution is 0.552. The summed E-state index contributed by atoms with van der Waals surface area (Å²) in [6.07, 6.45) is 0. The molecule has 1 unspecified atom stereocenters. The van der Waals surface area contributed by atoms with Crippen molar-refractivity contribution in [2.75, 3.05) is 5.32 Å². The third-order valence-corrected chi connectivity index (χ3v) is 2.82. The topological polar surface area (TPSA) is 35.8 Å². The van der Waals surface area contributed by atoms with Crippen molar-refractivity contribution in [2.45, 2.75) is 6.04 Å². The average Bonchev–Trinajstić information content (AvgIpc) is 2.39. The quantitative estimate of drug-likeness (QED) is 0.909. The Labute approximate surface area is 114 Å².